The minimum atomic E-state index is -0.724. The van der Waals surface area contributed by atoms with Crippen molar-refractivity contribution < 1.29 is 4.92 Å². The Kier molecular flexibility index (Phi) is 3.56. The van der Waals surface area contributed by atoms with E-state index in [1.165, 1.54) is 23.2 Å². The van der Waals surface area contributed by atoms with Gasteiger partial charge in [0, 0.05) is 6.20 Å². The molecule has 0 amide bonds. The molecule has 0 aliphatic rings. The molecule has 9 heteroatoms. The van der Waals surface area contributed by atoms with Crippen LogP contribution < -0.4 is 11.2 Å². The van der Waals surface area contributed by atoms with Crippen molar-refractivity contribution in [3.8, 4) is 0 Å². The molecule has 0 radical (unpaired) electrons. The Hall–Kier alpha value is -2.29. The van der Waals surface area contributed by atoms with Crippen LogP contribution >= 0.6 is 15.9 Å². The Balaban J connectivity index is 2.38. The van der Waals surface area contributed by atoms with Gasteiger partial charge in [-0.1, -0.05) is 0 Å². The number of pyridine rings is 1. The molecule has 0 atom stereocenters. The molecule has 0 unspecified atom stereocenters. The average Bonchev–Trinajstić information content (AvgIpc) is 2.36. The molecular weight excluding hydrogens is 318 g/mol. The number of hydrogen-bond donors (Lipinski definition) is 1. The number of nitrogens with zero attached hydrogens (tertiary/aromatic N) is 4. The van der Waals surface area contributed by atoms with Crippen LogP contribution in [0.3, 0.4) is 0 Å². The summed E-state index contributed by atoms with van der Waals surface area (Å²) in [6.07, 6.45) is 5.47. The Morgan fingerprint density at radius 3 is 2.68 bits per heavy atom. The molecule has 0 aliphatic carbocycles. The maximum atomic E-state index is 11.5. The predicted octanol–water partition coefficient (Wildman–Crippen LogP) is 0.940. The summed E-state index contributed by atoms with van der Waals surface area (Å²) in [5, 5.41) is 10.8. The van der Waals surface area contributed by atoms with Crippen molar-refractivity contribution in [2.45, 2.75) is 6.54 Å². The highest BCUT2D eigenvalue weighted by Crippen LogP contribution is 2.12. The van der Waals surface area contributed by atoms with E-state index < -0.39 is 16.0 Å². The van der Waals surface area contributed by atoms with E-state index in [1.54, 1.807) is 0 Å². The van der Waals surface area contributed by atoms with Crippen molar-refractivity contribution in [1.29, 1.82) is 0 Å². The maximum Gasteiger partial charge on any atom is 0.333 e. The van der Waals surface area contributed by atoms with Gasteiger partial charge in [-0.2, -0.15) is 0 Å². The third kappa shape index (κ3) is 2.94. The van der Waals surface area contributed by atoms with Crippen molar-refractivity contribution in [2.24, 2.45) is 0 Å². The van der Waals surface area contributed by atoms with Gasteiger partial charge < -0.3 is 10.3 Å². The van der Waals surface area contributed by atoms with Crippen molar-refractivity contribution in [1.82, 2.24) is 14.5 Å². The van der Waals surface area contributed by atoms with Gasteiger partial charge in [0.25, 0.3) is 5.43 Å². The van der Waals surface area contributed by atoms with E-state index in [2.05, 4.69) is 25.9 Å². The summed E-state index contributed by atoms with van der Waals surface area (Å²) < 4.78 is 1.59. The largest absolute Gasteiger partial charge is 0.382 e. The zero-order chi connectivity index (χ0) is 14.0. The molecule has 2 N–H and O–H groups in total. The molecule has 8 nitrogen and oxygen atoms in total. The van der Waals surface area contributed by atoms with Crippen LogP contribution in [-0.2, 0) is 6.54 Å². The summed E-state index contributed by atoms with van der Waals surface area (Å²) in [5.41, 5.74) is 4.81. The Morgan fingerprint density at radius 2 is 2.11 bits per heavy atom. The maximum absolute atomic E-state index is 11.5. The van der Waals surface area contributed by atoms with Gasteiger partial charge in [0.1, 0.15) is 5.82 Å². The first kappa shape index (κ1) is 13.1. The zero-order valence-electron chi connectivity index (χ0n) is 9.49. The monoisotopic (exact) mass is 325 g/mol. The molecule has 0 spiro atoms. The molecule has 98 valence electrons. The summed E-state index contributed by atoms with van der Waals surface area (Å²) >= 11 is 3.00. The summed E-state index contributed by atoms with van der Waals surface area (Å²) in [6, 6.07) is 0. The van der Waals surface area contributed by atoms with Crippen LogP contribution in [-0.4, -0.2) is 19.5 Å². The molecule has 2 heterocycles. The highest BCUT2D eigenvalue weighted by molar-refractivity contribution is 9.10. The fourth-order valence-corrected chi connectivity index (χ4v) is 1.90. The number of nitrogen functional groups attached to an aromatic ring is 1. The summed E-state index contributed by atoms with van der Waals surface area (Å²) in [4.78, 5) is 29.4. The smallest absolute Gasteiger partial charge is 0.333 e. The predicted molar refractivity (Wildman–Crippen MR) is 70.6 cm³/mol. The van der Waals surface area contributed by atoms with Crippen molar-refractivity contribution in [2.75, 3.05) is 5.73 Å². The van der Waals surface area contributed by atoms with E-state index in [9.17, 15) is 14.9 Å². The lowest BCUT2D eigenvalue weighted by Gasteiger charge is -2.06. The molecule has 0 aromatic carbocycles. The number of hydrogen-bond acceptors (Lipinski definition) is 6. The van der Waals surface area contributed by atoms with E-state index in [-0.39, 0.29) is 16.8 Å². The molecule has 0 bridgehead atoms. The van der Waals surface area contributed by atoms with Crippen LogP contribution in [0, 0.1) is 10.1 Å². The van der Waals surface area contributed by atoms with Gasteiger partial charge in [-0.25, -0.2) is 4.98 Å². The summed E-state index contributed by atoms with van der Waals surface area (Å²) in [7, 11) is 0. The average molecular weight is 326 g/mol. The molecule has 0 fully saturated rings. The number of rotatable bonds is 3. The molecule has 0 saturated heterocycles. The third-order valence-corrected chi connectivity index (χ3v) is 2.85. The summed E-state index contributed by atoms with van der Waals surface area (Å²) in [6.45, 7) is 0.243. The van der Waals surface area contributed by atoms with Gasteiger partial charge in [-0.3, -0.25) is 19.9 Å². The first-order chi connectivity index (χ1) is 8.97. The van der Waals surface area contributed by atoms with Gasteiger partial charge in [-0.15, -0.1) is 0 Å². The standard InChI is InChI=1S/C10H8BrN5O3/c11-7-4-15(5-8(10(7)17)16(18)19)3-6-1-14-9(12)2-13-6/h1-2,4-5H,3H2,(H2,12,14). The van der Waals surface area contributed by atoms with Crippen LogP contribution in [0.1, 0.15) is 5.69 Å². The molecule has 19 heavy (non-hydrogen) atoms. The first-order valence-electron chi connectivity index (χ1n) is 5.08. The second kappa shape index (κ2) is 5.14. The lowest BCUT2D eigenvalue weighted by Crippen LogP contribution is -2.14. The normalized spacial score (nSPS) is 10.4. The molecule has 0 saturated carbocycles. The van der Waals surface area contributed by atoms with Gasteiger partial charge in [0.05, 0.1) is 40.2 Å². The highest BCUT2D eigenvalue weighted by Gasteiger charge is 2.15. The van der Waals surface area contributed by atoms with Gasteiger partial charge in [-0.05, 0) is 15.9 Å². The van der Waals surface area contributed by atoms with E-state index in [1.807, 2.05) is 0 Å². The third-order valence-electron chi connectivity index (χ3n) is 2.28. The second-order valence-electron chi connectivity index (χ2n) is 3.68. The number of halogens is 1. The van der Waals surface area contributed by atoms with Crippen molar-refractivity contribution >= 4 is 27.4 Å². The molecule has 0 aliphatic heterocycles. The van der Waals surface area contributed by atoms with Gasteiger partial charge in [0.2, 0.25) is 0 Å². The van der Waals surface area contributed by atoms with Crippen LogP contribution in [0.25, 0.3) is 0 Å². The minimum Gasteiger partial charge on any atom is -0.382 e. The van der Waals surface area contributed by atoms with Crippen LogP contribution in [0.4, 0.5) is 11.5 Å². The molecule has 2 aromatic rings. The van der Waals surface area contributed by atoms with Crippen molar-refractivity contribution in [3.05, 3.63) is 55.3 Å². The number of nitrogens with two attached hydrogens (primary N) is 1. The van der Waals surface area contributed by atoms with Gasteiger partial charge >= 0.3 is 5.69 Å². The topological polar surface area (TPSA) is 117 Å². The molecule has 2 aromatic heterocycles. The zero-order valence-corrected chi connectivity index (χ0v) is 11.1. The number of anilines is 1. The Labute approximate surface area is 115 Å². The van der Waals surface area contributed by atoms with Crippen LogP contribution in [0.5, 0.6) is 0 Å². The van der Waals surface area contributed by atoms with E-state index >= 15 is 0 Å². The van der Waals surface area contributed by atoms with E-state index in [4.69, 9.17) is 5.73 Å². The van der Waals surface area contributed by atoms with Crippen LogP contribution in [0.2, 0.25) is 0 Å². The van der Waals surface area contributed by atoms with Crippen molar-refractivity contribution in [3.63, 3.8) is 0 Å². The Morgan fingerprint density at radius 1 is 1.37 bits per heavy atom. The number of aromatic nitrogens is 3. The second-order valence-corrected chi connectivity index (χ2v) is 4.54. The quantitative estimate of drug-likeness (QED) is 0.662. The fraction of sp³-hybridized carbons (Fsp3) is 0.100. The number of nitro groups is 1. The first-order valence-corrected chi connectivity index (χ1v) is 5.87. The minimum absolute atomic E-state index is 0.116. The van der Waals surface area contributed by atoms with E-state index in [0.717, 1.165) is 6.20 Å². The highest BCUT2D eigenvalue weighted by atomic mass is 79.9. The summed E-state index contributed by atoms with van der Waals surface area (Å²) in [5.74, 6) is 0.288. The lowest BCUT2D eigenvalue weighted by atomic mass is 10.3. The molecule has 2 rings (SSSR count). The molecular formula is C10H8BrN5O3. The lowest BCUT2D eigenvalue weighted by molar-refractivity contribution is -0.386. The van der Waals surface area contributed by atoms with Crippen LogP contribution in [0.15, 0.2) is 34.1 Å². The van der Waals surface area contributed by atoms with E-state index in [0.29, 0.717) is 5.69 Å². The fourth-order valence-electron chi connectivity index (χ4n) is 1.43. The SMILES string of the molecule is Nc1cnc(Cn2cc(Br)c(=O)c([N+](=O)[O-])c2)cn1. The Bertz CT molecular complexity index is 683. The van der Waals surface area contributed by atoms with Gasteiger partial charge in [0.15, 0.2) is 0 Å².